The van der Waals surface area contributed by atoms with Crippen LogP contribution in [0.4, 0.5) is 0 Å². The van der Waals surface area contributed by atoms with E-state index in [1.165, 1.54) is 66.2 Å². The average molecular weight is 404 g/mol. The molecule has 27 heavy (non-hydrogen) atoms. The molecule has 0 fully saturated rings. The molecule has 0 aliphatic rings. The van der Waals surface area contributed by atoms with E-state index >= 15 is 0 Å². The molecular weight excluding hydrogens is 367 g/mol. The number of hydrogen-bond donors (Lipinski definition) is 0. The summed E-state index contributed by atoms with van der Waals surface area (Å²) in [5.74, 6) is -0.796. The van der Waals surface area contributed by atoms with Crippen LogP contribution in [0, 0.1) is 11.8 Å². The zero-order valence-corrected chi connectivity index (χ0v) is 18.5. The van der Waals surface area contributed by atoms with Gasteiger partial charge in [0, 0.05) is 20.0 Å². The molecule has 0 saturated heterocycles. The van der Waals surface area contributed by atoms with Crippen molar-refractivity contribution in [3.05, 3.63) is 11.9 Å². The van der Waals surface area contributed by atoms with Gasteiger partial charge in [0.05, 0.1) is 7.11 Å². The van der Waals surface area contributed by atoms with Crippen LogP contribution in [0.2, 0.25) is 0 Å². The van der Waals surface area contributed by atoms with E-state index in [4.69, 9.17) is 13.8 Å². The van der Waals surface area contributed by atoms with Crippen LogP contribution >= 0.6 is 7.60 Å². The Morgan fingerprint density at radius 2 is 1.44 bits per heavy atom. The van der Waals surface area contributed by atoms with E-state index in [0.29, 0.717) is 6.42 Å². The number of carbonyl (C=O) groups excluding carboxylic acids is 2. The summed E-state index contributed by atoms with van der Waals surface area (Å²) >= 11 is 0. The number of esters is 1. The van der Waals surface area contributed by atoms with Crippen molar-refractivity contribution in [1.29, 1.82) is 0 Å². The Bertz CT molecular complexity index is 495. The van der Waals surface area contributed by atoms with Gasteiger partial charge in [-0.2, -0.15) is 0 Å². The van der Waals surface area contributed by atoms with Gasteiger partial charge < -0.3 is 13.8 Å². The van der Waals surface area contributed by atoms with Gasteiger partial charge in [-0.1, -0.05) is 64.4 Å². The van der Waals surface area contributed by atoms with Crippen molar-refractivity contribution in [2.75, 3.05) is 21.3 Å². The predicted molar refractivity (Wildman–Crippen MR) is 108 cm³/mol. The number of ketones is 1. The summed E-state index contributed by atoms with van der Waals surface area (Å²) in [5.41, 5.74) is 0. The van der Waals surface area contributed by atoms with Gasteiger partial charge in [0.2, 0.25) is 0 Å². The minimum absolute atomic E-state index is 0.263. The Morgan fingerprint density at radius 3 is 1.89 bits per heavy atom. The van der Waals surface area contributed by atoms with Gasteiger partial charge >= 0.3 is 13.6 Å². The lowest BCUT2D eigenvalue weighted by Gasteiger charge is -2.21. The highest BCUT2D eigenvalue weighted by Crippen LogP contribution is 2.48. The van der Waals surface area contributed by atoms with E-state index in [1.807, 2.05) is 0 Å². The standard InChI is InChI=1S/C20H37O6P/c1-6-7-8-9-10-11-12-13-14-18(15-16-27(23,25-4)26-5)19(17(2)21)20(22)24-3/h15-16,18-19H,6-14H2,1-5H3/b16-15+. The molecule has 2 atom stereocenters. The highest BCUT2D eigenvalue weighted by molar-refractivity contribution is 7.57. The second-order valence-electron chi connectivity index (χ2n) is 6.79. The van der Waals surface area contributed by atoms with Gasteiger partial charge in [-0.05, 0) is 19.3 Å². The van der Waals surface area contributed by atoms with Crippen molar-refractivity contribution in [2.24, 2.45) is 11.8 Å². The topological polar surface area (TPSA) is 78.9 Å². The largest absolute Gasteiger partial charge is 0.468 e. The fourth-order valence-electron chi connectivity index (χ4n) is 3.07. The van der Waals surface area contributed by atoms with Crippen LogP contribution in [-0.4, -0.2) is 33.1 Å². The molecule has 7 heteroatoms. The van der Waals surface area contributed by atoms with Gasteiger partial charge in [-0.15, -0.1) is 0 Å². The van der Waals surface area contributed by atoms with Crippen molar-refractivity contribution in [2.45, 2.75) is 71.6 Å². The zero-order valence-electron chi connectivity index (χ0n) is 17.6. The maximum Gasteiger partial charge on any atom is 0.353 e. The smallest absolute Gasteiger partial charge is 0.353 e. The van der Waals surface area contributed by atoms with E-state index in [2.05, 4.69) is 6.92 Å². The van der Waals surface area contributed by atoms with Crippen molar-refractivity contribution < 1.29 is 27.9 Å². The number of allylic oxidation sites excluding steroid dienone is 1. The number of Topliss-reactive ketones (excluding diaryl/α,β-unsaturated/α-hetero) is 1. The Kier molecular flexibility index (Phi) is 14.5. The van der Waals surface area contributed by atoms with Crippen molar-refractivity contribution in [3.63, 3.8) is 0 Å². The molecule has 0 aromatic rings. The molecule has 0 aliphatic heterocycles. The maximum absolute atomic E-state index is 12.3. The minimum atomic E-state index is -3.35. The van der Waals surface area contributed by atoms with Crippen molar-refractivity contribution in [3.8, 4) is 0 Å². The number of unbranched alkanes of at least 4 members (excludes halogenated alkanes) is 7. The molecule has 0 amide bonds. The van der Waals surface area contributed by atoms with Crippen LogP contribution < -0.4 is 0 Å². The van der Waals surface area contributed by atoms with Gasteiger partial charge in [0.25, 0.3) is 0 Å². The molecule has 0 radical (unpaired) electrons. The highest BCUT2D eigenvalue weighted by Gasteiger charge is 2.32. The van der Waals surface area contributed by atoms with E-state index in [1.54, 1.807) is 6.08 Å². The number of rotatable bonds is 16. The molecule has 2 unspecified atom stereocenters. The summed E-state index contributed by atoms with van der Waals surface area (Å²) in [4.78, 5) is 24.1. The van der Waals surface area contributed by atoms with Crippen LogP contribution in [-0.2, 0) is 27.9 Å². The zero-order chi connectivity index (χ0) is 20.7. The Hall–Kier alpha value is -0.970. The molecule has 0 aromatic carbocycles. The average Bonchev–Trinajstić information content (AvgIpc) is 2.66. The van der Waals surface area contributed by atoms with Crippen LogP contribution in [0.25, 0.3) is 0 Å². The van der Waals surface area contributed by atoms with Crippen molar-refractivity contribution in [1.82, 2.24) is 0 Å². The van der Waals surface area contributed by atoms with E-state index < -0.39 is 25.4 Å². The monoisotopic (exact) mass is 404 g/mol. The number of hydrogen-bond acceptors (Lipinski definition) is 6. The van der Waals surface area contributed by atoms with E-state index in [-0.39, 0.29) is 5.78 Å². The second kappa shape index (κ2) is 15.0. The maximum atomic E-state index is 12.3. The Labute approximate surface area is 164 Å². The van der Waals surface area contributed by atoms with Crippen LogP contribution in [0.15, 0.2) is 11.9 Å². The lowest BCUT2D eigenvalue weighted by atomic mass is 9.85. The first-order valence-electron chi connectivity index (χ1n) is 9.84. The normalized spacial score (nSPS) is 14.3. The summed E-state index contributed by atoms with van der Waals surface area (Å²) in [6.45, 7) is 3.58. The molecule has 0 spiro atoms. The third-order valence-corrected chi connectivity index (χ3v) is 6.29. The van der Waals surface area contributed by atoms with Crippen LogP contribution in [0.3, 0.4) is 0 Å². The summed E-state index contributed by atoms with van der Waals surface area (Å²) < 4.78 is 26.9. The first-order chi connectivity index (χ1) is 12.8. The van der Waals surface area contributed by atoms with Crippen LogP contribution in [0.5, 0.6) is 0 Å². The lowest BCUT2D eigenvalue weighted by Crippen LogP contribution is -2.30. The Morgan fingerprint density at radius 1 is 0.926 bits per heavy atom. The summed E-state index contributed by atoms with van der Waals surface area (Å²) in [5, 5.41) is 0. The van der Waals surface area contributed by atoms with Crippen LogP contribution in [0.1, 0.15) is 71.6 Å². The number of carbonyl (C=O) groups is 2. The van der Waals surface area contributed by atoms with Crippen molar-refractivity contribution >= 4 is 19.3 Å². The molecule has 0 N–H and O–H groups in total. The molecule has 0 bridgehead atoms. The Balaban J connectivity index is 4.88. The second-order valence-corrected chi connectivity index (χ2v) is 8.89. The molecular formula is C20H37O6P. The number of methoxy groups -OCH3 is 1. The first-order valence-corrected chi connectivity index (χ1v) is 11.4. The fraction of sp³-hybridized carbons (Fsp3) is 0.800. The third-order valence-electron chi connectivity index (χ3n) is 4.74. The van der Waals surface area contributed by atoms with E-state index in [9.17, 15) is 14.2 Å². The molecule has 158 valence electrons. The van der Waals surface area contributed by atoms with Gasteiger partial charge in [-0.3, -0.25) is 14.2 Å². The molecule has 0 heterocycles. The quantitative estimate of drug-likeness (QED) is 0.146. The van der Waals surface area contributed by atoms with E-state index in [0.717, 1.165) is 19.3 Å². The summed E-state index contributed by atoms with van der Waals surface area (Å²) in [6, 6.07) is 0. The van der Waals surface area contributed by atoms with Gasteiger partial charge in [0.1, 0.15) is 11.7 Å². The molecule has 0 rings (SSSR count). The first kappa shape index (κ1) is 26.0. The predicted octanol–water partition coefficient (Wildman–Crippen LogP) is 5.51. The fourth-order valence-corrected chi connectivity index (χ4v) is 3.89. The van der Waals surface area contributed by atoms with Gasteiger partial charge in [-0.25, -0.2) is 0 Å². The minimum Gasteiger partial charge on any atom is -0.468 e. The summed E-state index contributed by atoms with van der Waals surface area (Å²) in [7, 11) is 0.513. The lowest BCUT2D eigenvalue weighted by molar-refractivity contribution is -0.150. The highest BCUT2D eigenvalue weighted by atomic mass is 31.2. The summed E-state index contributed by atoms with van der Waals surface area (Å²) in [6.07, 6.45) is 11.6. The van der Waals surface area contributed by atoms with Gasteiger partial charge in [0.15, 0.2) is 0 Å². The molecule has 0 saturated carbocycles. The third kappa shape index (κ3) is 10.8. The molecule has 6 nitrogen and oxygen atoms in total. The molecule has 0 aromatic heterocycles. The number of ether oxygens (including phenoxy) is 1. The SMILES string of the molecule is CCCCCCCCCCC(/C=C/P(=O)(OC)OC)C(C(C)=O)C(=O)OC. The molecule has 0 aliphatic carbocycles.